The Morgan fingerprint density at radius 2 is 1.96 bits per heavy atom. The molecule has 0 amide bonds. The summed E-state index contributed by atoms with van der Waals surface area (Å²) in [7, 11) is 0. The maximum absolute atomic E-state index is 12.7. The van der Waals surface area contributed by atoms with Gasteiger partial charge in [-0.25, -0.2) is 4.79 Å². The normalized spacial score (nSPS) is 11.1. The Labute approximate surface area is 140 Å². The van der Waals surface area contributed by atoms with Gasteiger partial charge in [-0.3, -0.25) is 9.36 Å². The van der Waals surface area contributed by atoms with Crippen LogP contribution < -0.4 is 5.56 Å². The lowest BCUT2D eigenvalue weighted by Gasteiger charge is -2.08. The molecule has 0 unspecified atom stereocenters. The Morgan fingerprint density at radius 1 is 1.16 bits per heavy atom. The topological polar surface area (TPSA) is 104 Å². The molecule has 9 nitrogen and oxygen atoms in total. The van der Waals surface area contributed by atoms with E-state index in [0.29, 0.717) is 29.2 Å². The minimum atomic E-state index is -0.403. The van der Waals surface area contributed by atoms with Crippen LogP contribution in [0, 0.1) is 0 Å². The summed E-state index contributed by atoms with van der Waals surface area (Å²) in [6, 6.07) is 8.26. The number of pyridine rings is 1. The van der Waals surface area contributed by atoms with E-state index in [0.717, 1.165) is 0 Å². The van der Waals surface area contributed by atoms with Crippen molar-refractivity contribution in [1.82, 2.24) is 29.4 Å². The summed E-state index contributed by atoms with van der Waals surface area (Å²) in [5.41, 5.74) is 1.37. The Kier molecular flexibility index (Phi) is 3.46. The number of aromatic nitrogens is 6. The fourth-order valence-corrected chi connectivity index (χ4v) is 2.52. The van der Waals surface area contributed by atoms with Crippen molar-refractivity contribution in [2.45, 2.75) is 6.92 Å². The van der Waals surface area contributed by atoms with Crippen molar-refractivity contribution in [3.05, 3.63) is 58.8 Å². The Balaban J connectivity index is 1.81. The first kappa shape index (κ1) is 14.9. The van der Waals surface area contributed by atoms with Crippen molar-refractivity contribution in [2.75, 3.05) is 6.61 Å². The van der Waals surface area contributed by atoms with Crippen molar-refractivity contribution in [1.29, 1.82) is 0 Å². The number of carbonyl (C=O) groups is 1. The van der Waals surface area contributed by atoms with E-state index in [1.54, 1.807) is 43.5 Å². The molecular weight excluding hydrogens is 324 g/mol. The van der Waals surface area contributed by atoms with Gasteiger partial charge in [0.25, 0.3) is 11.3 Å². The van der Waals surface area contributed by atoms with Crippen LogP contribution in [0.25, 0.3) is 22.5 Å². The lowest BCUT2D eigenvalue weighted by atomic mass is 10.2. The number of rotatable bonds is 3. The first-order chi connectivity index (χ1) is 12.2. The molecule has 3 heterocycles. The first-order valence-electron chi connectivity index (χ1n) is 7.54. The van der Waals surface area contributed by atoms with E-state index in [1.165, 1.54) is 15.4 Å². The third-order valence-electron chi connectivity index (χ3n) is 3.70. The number of carbonyl (C=O) groups excluding carboxylic acids is 1. The highest BCUT2D eigenvalue weighted by Gasteiger charge is 2.12. The van der Waals surface area contributed by atoms with Gasteiger partial charge in [0.2, 0.25) is 0 Å². The number of hydrogen-bond donors (Lipinski definition) is 0. The zero-order chi connectivity index (χ0) is 17.4. The molecule has 0 aliphatic carbocycles. The molecule has 0 fully saturated rings. The average molecular weight is 336 g/mol. The molecule has 0 bridgehead atoms. The predicted molar refractivity (Wildman–Crippen MR) is 87.6 cm³/mol. The largest absolute Gasteiger partial charge is 0.462 e. The first-order valence-corrected chi connectivity index (χ1v) is 7.54. The second-order valence-corrected chi connectivity index (χ2v) is 5.16. The summed E-state index contributed by atoms with van der Waals surface area (Å²) in [5.74, 6) is -0.0808. The number of hydrogen-bond acceptors (Lipinski definition) is 7. The summed E-state index contributed by atoms with van der Waals surface area (Å²) in [5, 5.41) is 11.9. The van der Waals surface area contributed by atoms with Gasteiger partial charge in [0.15, 0.2) is 5.52 Å². The molecule has 4 aromatic rings. The number of nitrogens with zero attached hydrogens (tertiary/aromatic N) is 6. The highest BCUT2D eigenvalue weighted by molar-refractivity contribution is 5.89. The van der Waals surface area contributed by atoms with Crippen LogP contribution in [0.2, 0.25) is 0 Å². The highest BCUT2D eigenvalue weighted by atomic mass is 16.5. The fourth-order valence-electron chi connectivity index (χ4n) is 2.52. The van der Waals surface area contributed by atoms with E-state index in [4.69, 9.17) is 4.74 Å². The highest BCUT2D eigenvalue weighted by Crippen LogP contribution is 2.12. The minimum absolute atomic E-state index is 0.176. The molecule has 0 saturated heterocycles. The van der Waals surface area contributed by atoms with Gasteiger partial charge in [-0.15, -0.1) is 10.2 Å². The molecule has 25 heavy (non-hydrogen) atoms. The van der Waals surface area contributed by atoms with Crippen molar-refractivity contribution in [3.8, 4) is 5.69 Å². The van der Waals surface area contributed by atoms with Crippen molar-refractivity contribution in [3.63, 3.8) is 0 Å². The van der Waals surface area contributed by atoms with Crippen LogP contribution in [-0.2, 0) is 4.74 Å². The number of benzene rings is 1. The third-order valence-corrected chi connectivity index (χ3v) is 3.70. The smallest absolute Gasteiger partial charge is 0.338 e. The lowest BCUT2D eigenvalue weighted by Crippen LogP contribution is -2.20. The van der Waals surface area contributed by atoms with Crippen LogP contribution in [-0.4, -0.2) is 41.9 Å². The van der Waals surface area contributed by atoms with Crippen LogP contribution in [0.1, 0.15) is 17.3 Å². The van der Waals surface area contributed by atoms with Crippen molar-refractivity contribution < 1.29 is 9.53 Å². The summed E-state index contributed by atoms with van der Waals surface area (Å²) in [6.45, 7) is 2.05. The van der Waals surface area contributed by atoms with Gasteiger partial charge < -0.3 is 4.74 Å². The van der Waals surface area contributed by atoms with Gasteiger partial charge in [-0.1, -0.05) is 0 Å². The second-order valence-electron chi connectivity index (χ2n) is 5.16. The number of ether oxygens (including phenoxy) is 1. The molecule has 124 valence electrons. The molecule has 4 rings (SSSR count). The van der Waals surface area contributed by atoms with Gasteiger partial charge in [0.1, 0.15) is 11.8 Å². The zero-order valence-corrected chi connectivity index (χ0v) is 13.2. The second kappa shape index (κ2) is 5.78. The quantitative estimate of drug-likeness (QED) is 0.514. The SMILES string of the molecule is CCOC(=O)c1ccc(-n2ccc3c(nnc4ncnn43)c2=O)cc1. The fraction of sp³-hybridized carbons (Fsp3) is 0.125. The molecule has 1 aromatic carbocycles. The Hall–Kier alpha value is -3.62. The summed E-state index contributed by atoms with van der Waals surface area (Å²) in [6.07, 6.45) is 2.97. The van der Waals surface area contributed by atoms with Gasteiger partial charge in [0, 0.05) is 11.9 Å². The van der Waals surface area contributed by atoms with Crippen LogP contribution in [0.5, 0.6) is 0 Å². The monoisotopic (exact) mass is 336 g/mol. The van der Waals surface area contributed by atoms with Gasteiger partial charge in [0.05, 0.1) is 12.2 Å². The molecule has 0 spiro atoms. The maximum Gasteiger partial charge on any atom is 0.338 e. The van der Waals surface area contributed by atoms with E-state index in [2.05, 4.69) is 20.3 Å². The third kappa shape index (κ3) is 2.42. The minimum Gasteiger partial charge on any atom is -0.462 e. The van der Waals surface area contributed by atoms with Crippen LogP contribution in [0.3, 0.4) is 0 Å². The molecule has 0 aliphatic rings. The zero-order valence-electron chi connectivity index (χ0n) is 13.2. The lowest BCUT2D eigenvalue weighted by molar-refractivity contribution is 0.0526. The Morgan fingerprint density at radius 3 is 2.72 bits per heavy atom. The summed E-state index contributed by atoms with van der Waals surface area (Å²) >= 11 is 0. The molecule has 0 aliphatic heterocycles. The molecular formula is C16H12N6O3. The van der Waals surface area contributed by atoms with Crippen LogP contribution in [0.4, 0.5) is 0 Å². The molecule has 0 saturated carbocycles. The Bertz CT molecular complexity index is 1150. The van der Waals surface area contributed by atoms with Gasteiger partial charge in [-0.05, 0) is 37.3 Å². The molecule has 0 atom stereocenters. The van der Waals surface area contributed by atoms with E-state index < -0.39 is 5.97 Å². The summed E-state index contributed by atoms with van der Waals surface area (Å²) in [4.78, 5) is 28.4. The van der Waals surface area contributed by atoms with Crippen LogP contribution >= 0.6 is 0 Å². The van der Waals surface area contributed by atoms with E-state index in [1.807, 2.05) is 0 Å². The van der Waals surface area contributed by atoms with E-state index in [9.17, 15) is 9.59 Å². The summed E-state index contributed by atoms with van der Waals surface area (Å²) < 4.78 is 7.83. The predicted octanol–water partition coefficient (Wildman–Crippen LogP) is 1.00. The van der Waals surface area contributed by atoms with Crippen molar-refractivity contribution >= 4 is 22.8 Å². The number of fused-ring (bicyclic) bond motifs is 3. The maximum atomic E-state index is 12.7. The average Bonchev–Trinajstić information content (AvgIpc) is 3.11. The van der Waals surface area contributed by atoms with E-state index in [-0.39, 0.29) is 11.1 Å². The molecule has 0 N–H and O–H groups in total. The van der Waals surface area contributed by atoms with Gasteiger partial charge in [-0.2, -0.15) is 14.6 Å². The molecule has 3 aromatic heterocycles. The van der Waals surface area contributed by atoms with Crippen LogP contribution in [0.15, 0.2) is 47.7 Å². The van der Waals surface area contributed by atoms with Crippen molar-refractivity contribution in [2.24, 2.45) is 0 Å². The number of esters is 1. The molecule has 9 heteroatoms. The van der Waals surface area contributed by atoms with Gasteiger partial charge >= 0.3 is 5.97 Å². The van der Waals surface area contributed by atoms with E-state index >= 15 is 0 Å². The standard InChI is InChI=1S/C16H12N6O3/c1-2-25-15(24)10-3-5-11(6-4-10)21-8-7-12-13(14(21)23)19-20-16-17-9-18-22(12)16/h3-9H,2H2,1H3. The molecule has 0 radical (unpaired) electrons.